The lowest BCUT2D eigenvalue weighted by molar-refractivity contribution is -0.151. The molecule has 0 fully saturated rings. The molecular formula is C51H93NO5. The van der Waals surface area contributed by atoms with Crippen molar-refractivity contribution in [2.45, 2.75) is 257 Å². The van der Waals surface area contributed by atoms with Gasteiger partial charge in [-0.05, 0) is 70.6 Å². The topological polar surface area (TPSA) is 95.9 Å². The number of aliphatic hydroxyl groups excluding tert-OH is 2. The Morgan fingerprint density at radius 1 is 0.526 bits per heavy atom. The van der Waals surface area contributed by atoms with Gasteiger partial charge in [-0.2, -0.15) is 0 Å². The van der Waals surface area contributed by atoms with Crippen LogP contribution in [0.5, 0.6) is 0 Å². The number of aliphatic hydroxyl groups is 2. The first-order chi connectivity index (χ1) is 28.0. The van der Waals surface area contributed by atoms with Gasteiger partial charge in [0.15, 0.2) is 0 Å². The Kier molecular flexibility index (Phi) is 43.2. The number of hydrogen-bond donors (Lipinski definition) is 3. The van der Waals surface area contributed by atoms with Gasteiger partial charge in [-0.3, -0.25) is 9.59 Å². The van der Waals surface area contributed by atoms with Crippen LogP contribution in [0.1, 0.15) is 239 Å². The fourth-order valence-corrected chi connectivity index (χ4v) is 7.25. The van der Waals surface area contributed by atoms with Crippen molar-refractivity contribution < 1.29 is 24.5 Å². The number of hydrogen-bond acceptors (Lipinski definition) is 5. The van der Waals surface area contributed by atoms with E-state index in [1.165, 1.54) is 109 Å². The molecule has 0 aromatic heterocycles. The van der Waals surface area contributed by atoms with Crippen molar-refractivity contribution in [1.82, 2.24) is 5.32 Å². The zero-order chi connectivity index (χ0) is 41.7. The van der Waals surface area contributed by atoms with Crippen LogP contribution in [-0.4, -0.2) is 46.9 Å². The molecule has 3 unspecified atom stereocenters. The van der Waals surface area contributed by atoms with E-state index in [9.17, 15) is 19.8 Å². The Labute approximate surface area is 353 Å². The summed E-state index contributed by atoms with van der Waals surface area (Å²) in [6.45, 7) is 6.32. The van der Waals surface area contributed by atoms with Gasteiger partial charge in [-0.15, -0.1) is 0 Å². The molecular weight excluding hydrogens is 707 g/mol. The van der Waals surface area contributed by atoms with Crippen LogP contribution in [0.3, 0.4) is 0 Å². The van der Waals surface area contributed by atoms with Crippen molar-refractivity contribution in [2.24, 2.45) is 0 Å². The van der Waals surface area contributed by atoms with E-state index in [1.54, 1.807) is 0 Å². The molecule has 1 amide bonds. The molecule has 0 aromatic carbocycles. The van der Waals surface area contributed by atoms with Crippen LogP contribution < -0.4 is 5.32 Å². The minimum Gasteiger partial charge on any atom is -0.462 e. The molecule has 3 atom stereocenters. The summed E-state index contributed by atoms with van der Waals surface area (Å²) >= 11 is 0. The Morgan fingerprint density at radius 2 is 0.965 bits per heavy atom. The lowest BCUT2D eigenvalue weighted by atomic mass is 10.0. The summed E-state index contributed by atoms with van der Waals surface area (Å²) in [6.07, 6.45) is 53.2. The second-order valence-corrected chi connectivity index (χ2v) is 16.5. The summed E-state index contributed by atoms with van der Waals surface area (Å²) in [5.41, 5.74) is 0. The normalized spacial score (nSPS) is 13.7. The zero-order valence-corrected chi connectivity index (χ0v) is 37.7. The molecule has 57 heavy (non-hydrogen) atoms. The minimum absolute atomic E-state index is 0.0488. The van der Waals surface area contributed by atoms with E-state index in [1.807, 2.05) is 12.2 Å². The van der Waals surface area contributed by atoms with Crippen LogP contribution in [0, 0.1) is 0 Å². The largest absolute Gasteiger partial charge is 0.462 e. The van der Waals surface area contributed by atoms with Gasteiger partial charge < -0.3 is 20.3 Å². The number of ether oxygens (including phenoxy) is 1. The maximum Gasteiger partial charge on any atom is 0.306 e. The molecule has 0 aliphatic heterocycles. The molecule has 0 radical (unpaired) electrons. The standard InChI is InChI=1S/C51H93NO5/c1-4-7-10-13-16-19-22-24-26-28-31-34-37-40-43-49(54)48(46-53)52-50(55)45-47(42-39-36-33-30-27-21-18-15-12-9-6-3)57-51(56)44-41-38-35-32-29-25-23-20-17-14-11-8-5-2/h9,12,15,18,21,25,27,29,47-49,53-54H,4-8,10-11,13-14,16-17,19-20,22-24,26,28,30-46H2,1-3H3,(H,52,55)/b12-9+,18-15+,27-21-,29-25-. The van der Waals surface area contributed by atoms with Gasteiger partial charge in [0.1, 0.15) is 6.10 Å². The second-order valence-electron chi connectivity index (χ2n) is 16.5. The molecule has 0 aliphatic carbocycles. The van der Waals surface area contributed by atoms with Crippen molar-refractivity contribution in [3.8, 4) is 0 Å². The number of unbranched alkanes of at least 4 members (excludes halogenated alkanes) is 25. The Bertz CT molecular complexity index is 988. The summed E-state index contributed by atoms with van der Waals surface area (Å²) in [6, 6.07) is -0.714. The SMILES string of the molecule is CC/C=C/C=C/C=C\CCCCCC(CC(=O)NC(CO)C(O)CCCCCCCCCCCCCCCC)OC(=O)CCCCC/C=C\CCCCCCCC. The average Bonchev–Trinajstić information content (AvgIpc) is 3.20. The Morgan fingerprint density at radius 3 is 1.49 bits per heavy atom. The van der Waals surface area contributed by atoms with Crippen molar-refractivity contribution in [2.75, 3.05) is 6.61 Å². The van der Waals surface area contributed by atoms with E-state index < -0.39 is 18.2 Å². The molecule has 0 rings (SSSR count). The van der Waals surface area contributed by atoms with Gasteiger partial charge in [-0.25, -0.2) is 0 Å². The van der Waals surface area contributed by atoms with Crippen molar-refractivity contribution in [1.29, 1.82) is 0 Å². The van der Waals surface area contributed by atoms with Gasteiger partial charge in [0.25, 0.3) is 0 Å². The number of rotatable bonds is 43. The molecule has 0 saturated carbocycles. The Balaban J connectivity index is 4.59. The molecule has 0 heterocycles. The minimum atomic E-state index is -0.798. The summed E-state index contributed by atoms with van der Waals surface area (Å²) in [7, 11) is 0. The first kappa shape index (κ1) is 54.8. The highest BCUT2D eigenvalue weighted by atomic mass is 16.5. The number of carbonyl (C=O) groups is 2. The Hall–Kier alpha value is -2.18. The van der Waals surface area contributed by atoms with Crippen LogP contribution in [0.15, 0.2) is 48.6 Å². The highest BCUT2D eigenvalue weighted by molar-refractivity contribution is 5.77. The van der Waals surface area contributed by atoms with E-state index >= 15 is 0 Å². The lowest BCUT2D eigenvalue weighted by Crippen LogP contribution is -2.46. The van der Waals surface area contributed by atoms with E-state index in [4.69, 9.17) is 4.74 Å². The van der Waals surface area contributed by atoms with E-state index in [0.29, 0.717) is 19.3 Å². The third-order valence-corrected chi connectivity index (χ3v) is 11.0. The molecule has 0 aliphatic rings. The summed E-state index contributed by atoms with van der Waals surface area (Å²) in [5.74, 6) is -0.527. The first-order valence-corrected chi connectivity index (χ1v) is 24.4. The van der Waals surface area contributed by atoms with Crippen molar-refractivity contribution >= 4 is 11.9 Å². The van der Waals surface area contributed by atoms with Crippen molar-refractivity contribution in [3.05, 3.63) is 48.6 Å². The molecule has 6 nitrogen and oxygen atoms in total. The molecule has 3 N–H and O–H groups in total. The van der Waals surface area contributed by atoms with Crippen LogP contribution in [-0.2, 0) is 14.3 Å². The second kappa shape index (κ2) is 44.9. The maximum atomic E-state index is 13.1. The number of amides is 1. The molecule has 6 heteroatoms. The summed E-state index contributed by atoms with van der Waals surface area (Å²) in [4.78, 5) is 26.0. The summed E-state index contributed by atoms with van der Waals surface area (Å²) in [5, 5.41) is 23.7. The maximum absolute atomic E-state index is 13.1. The van der Waals surface area contributed by atoms with Gasteiger partial charge in [-0.1, -0.05) is 204 Å². The number of allylic oxidation sites excluding steroid dienone is 8. The highest BCUT2D eigenvalue weighted by Gasteiger charge is 2.24. The molecule has 0 spiro atoms. The number of nitrogens with one attached hydrogen (secondary N) is 1. The first-order valence-electron chi connectivity index (χ1n) is 24.4. The molecule has 0 aromatic rings. The van der Waals surface area contributed by atoms with Crippen LogP contribution in [0.2, 0.25) is 0 Å². The molecule has 332 valence electrons. The van der Waals surface area contributed by atoms with Gasteiger partial charge >= 0.3 is 5.97 Å². The molecule has 0 bridgehead atoms. The predicted molar refractivity (Wildman–Crippen MR) is 245 cm³/mol. The van der Waals surface area contributed by atoms with E-state index in [0.717, 1.165) is 83.5 Å². The highest BCUT2D eigenvalue weighted by Crippen LogP contribution is 2.17. The quantitative estimate of drug-likeness (QED) is 0.0247. The average molecular weight is 800 g/mol. The lowest BCUT2D eigenvalue weighted by Gasteiger charge is -2.24. The smallest absolute Gasteiger partial charge is 0.306 e. The summed E-state index contributed by atoms with van der Waals surface area (Å²) < 4.78 is 5.88. The fourth-order valence-electron chi connectivity index (χ4n) is 7.25. The number of carbonyl (C=O) groups excluding carboxylic acids is 2. The van der Waals surface area contributed by atoms with E-state index in [2.05, 4.69) is 62.5 Å². The van der Waals surface area contributed by atoms with Crippen LogP contribution >= 0.6 is 0 Å². The van der Waals surface area contributed by atoms with E-state index in [-0.39, 0.29) is 24.9 Å². The zero-order valence-electron chi connectivity index (χ0n) is 37.7. The van der Waals surface area contributed by atoms with Crippen LogP contribution in [0.4, 0.5) is 0 Å². The van der Waals surface area contributed by atoms with Gasteiger partial charge in [0.05, 0.1) is 25.2 Å². The molecule has 0 saturated heterocycles. The number of esters is 1. The fraction of sp³-hybridized carbons (Fsp3) is 0.804. The van der Waals surface area contributed by atoms with Crippen molar-refractivity contribution in [3.63, 3.8) is 0 Å². The third-order valence-electron chi connectivity index (χ3n) is 11.0. The third kappa shape index (κ3) is 40.4. The van der Waals surface area contributed by atoms with Crippen LogP contribution in [0.25, 0.3) is 0 Å². The van der Waals surface area contributed by atoms with Gasteiger partial charge in [0, 0.05) is 6.42 Å². The van der Waals surface area contributed by atoms with Gasteiger partial charge in [0.2, 0.25) is 5.91 Å². The predicted octanol–water partition coefficient (Wildman–Crippen LogP) is 14.3. The monoisotopic (exact) mass is 800 g/mol.